The minimum Gasteiger partial charge on any atom is -0.497 e. The number of sulfonamides is 1. The Morgan fingerprint density at radius 3 is 2.57 bits per heavy atom. The van der Waals surface area contributed by atoms with Crippen molar-refractivity contribution in [3.05, 3.63) is 114 Å². The van der Waals surface area contributed by atoms with Gasteiger partial charge in [0.25, 0.3) is 15.9 Å². The van der Waals surface area contributed by atoms with Crippen LogP contribution in [0, 0.1) is 5.82 Å². The van der Waals surface area contributed by atoms with Gasteiger partial charge in [0.05, 0.1) is 34.1 Å². The summed E-state index contributed by atoms with van der Waals surface area (Å²) in [4.78, 5) is 18.5. The van der Waals surface area contributed by atoms with E-state index < -0.39 is 15.9 Å². The Hall–Kier alpha value is -4.61. The number of hydrazone groups is 1. The number of hydrogen-bond acceptors (Lipinski definition) is 7. The molecule has 0 aliphatic carbocycles. The Morgan fingerprint density at radius 1 is 1.05 bits per heavy atom. The number of anilines is 2. The molecule has 1 aliphatic rings. The fourth-order valence-electron chi connectivity index (χ4n) is 4.74. The lowest BCUT2D eigenvalue weighted by molar-refractivity contribution is 0.0987. The zero-order valence-electron chi connectivity index (χ0n) is 22.5. The van der Waals surface area contributed by atoms with E-state index in [2.05, 4.69) is 10.1 Å². The standard InChI is InChI=1S/C31H25FN4O4S2/c1-40-25-14-17-27-29(19-25)41-31(34-27)36(33-20-21-8-12-24(32)13-9-21)30(37)23-10-15-26(16-11-23)42(38,39)35-18-4-6-22-5-2-3-7-28(22)35/h2-3,5,7-17,19-20H,4,6,18H2,1H3/b33-20+. The highest BCUT2D eigenvalue weighted by Gasteiger charge is 2.29. The van der Waals surface area contributed by atoms with E-state index in [1.54, 1.807) is 31.4 Å². The molecule has 0 unspecified atom stereocenters. The van der Waals surface area contributed by atoms with Gasteiger partial charge >= 0.3 is 0 Å². The van der Waals surface area contributed by atoms with Gasteiger partial charge in [0.1, 0.15) is 11.6 Å². The molecule has 1 amide bonds. The van der Waals surface area contributed by atoms with E-state index in [9.17, 15) is 17.6 Å². The third-order valence-electron chi connectivity index (χ3n) is 6.91. The van der Waals surface area contributed by atoms with Gasteiger partial charge in [-0.05, 0) is 84.6 Å². The molecule has 0 saturated heterocycles. The summed E-state index contributed by atoms with van der Waals surface area (Å²) in [5, 5.41) is 5.87. The highest BCUT2D eigenvalue weighted by molar-refractivity contribution is 7.92. The van der Waals surface area contributed by atoms with Crippen LogP contribution in [0.2, 0.25) is 0 Å². The highest BCUT2D eigenvalue weighted by atomic mass is 32.2. The molecule has 0 spiro atoms. The maximum absolute atomic E-state index is 13.8. The van der Waals surface area contributed by atoms with Crippen LogP contribution in [0.15, 0.2) is 101 Å². The Morgan fingerprint density at radius 2 is 1.81 bits per heavy atom. The van der Waals surface area contributed by atoms with Crippen LogP contribution in [0.4, 0.5) is 15.2 Å². The van der Waals surface area contributed by atoms with Crippen molar-refractivity contribution < 1.29 is 22.3 Å². The van der Waals surface area contributed by atoms with E-state index in [0.29, 0.717) is 34.2 Å². The summed E-state index contributed by atoms with van der Waals surface area (Å²) in [7, 11) is -2.27. The van der Waals surface area contributed by atoms with Crippen LogP contribution in [0.1, 0.15) is 27.9 Å². The summed E-state index contributed by atoms with van der Waals surface area (Å²) in [6, 6.07) is 24.4. The van der Waals surface area contributed by atoms with Crippen molar-refractivity contribution in [3.63, 3.8) is 0 Å². The summed E-state index contributed by atoms with van der Waals surface area (Å²) in [5.74, 6) is -0.242. The lowest BCUT2D eigenvalue weighted by Gasteiger charge is -2.30. The lowest BCUT2D eigenvalue weighted by Crippen LogP contribution is -2.35. The monoisotopic (exact) mass is 600 g/mol. The molecule has 0 saturated carbocycles. The maximum Gasteiger partial charge on any atom is 0.280 e. The highest BCUT2D eigenvalue weighted by Crippen LogP contribution is 2.34. The number of benzene rings is 4. The zero-order chi connectivity index (χ0) is 29.3. The number of carbonyl (C=O) groups is 1. The number of carbonyl (C=O) groups excluding carboxylic acids is 1. The molecule has 0 fully saturated rings. The number of aryl methyl sites for hydroxylation is 1. The van der Waals surface area contributed by atoms with Gasteiger partial charge in [-0.3, -0.25) is 9.10 Å². The molecule has 4 aromatic carbocycles. The number of hydrogen-bond donors (Lipinski definition) is 0. The predicted molar refractivity (Wildman–Crippen MR) is 163 cm³/mol. The molecule has 0 radical (unpaired) electrons. The number of halogens is 1. The largest absolute Gasteiger partial charge is 0.497 e. The number of fused-ring (bicyclic) bond motifs is 2. The fourth-order valence-corrected chi connectivity index (χ4v) is 7.23. The van der Waals surface area contributed by atoms with Gasteiger partial charge in [-0.15, -0.1) is 0 Å². The first kappa shape index (κ1) is 27.6. The van der Waals surface area contributed by atoms with Crippen molar-refractivity contribution in [3.8, 4) is 5.75 Å². The number of methoxy groups -OCH3 is 1. The second-order valence-electron chi connectivity index (χ2n) is 9.58. The molecule has 1 aromatic heterocycles. The number of nitrogens with zero attached hydrogens (tertiary/aromatic N) is 4. The van der Waals surface area contributed by atoms with Crippen LogP contribution < -0.4 is 14.1 Å². The van der Waals surface area contributed by atoms with Gasteiger partial charge in [0, 0.05) is 12.1 Å². The fraction of sp³-hybridized carbons (Fsp3) is 0.129. The van der Waals surface area contributed by atoms with Crippen molar-refractivity contribution in [1.82, 2.24) is 4.98 Å². The van der Waals surface area contributed by atoms with Crippen molar-refractivity contribution in [2.75, 3.05) is 23.0 Å². The van der Waals surface area contributed by atoms with Crippen LogP contribution >= 0.6 is 11.3 Å². The smallest absolute Gasteiger partial charge is 0.280 e. The van der Waals surface area contributed by atoms with E-state index in [0.717, 1.165) is 28.1 Å². The lowest BCUT2D eigenvalue weighted by atomic mass is 10.0. The number of thiazole rings is 1. The van der Waals surface area contributed by atoms with Crippen LogP contribution in [-0.4, -0.2) is 39.2 Å². The predicted octanol–water partition coefficient (Wildman–Crippen LogP) is 6.27. The van der Waals surface area contributed by atoms with Gasteiger partial charge in [0.2, 0.25) is 5.13 Å². The third-order valence-corrected chi connectivity index (χ3v) is 9.73. The number of amides is 1. The normalized spacial score (nSPS) is 13.3. The Balaban J connectivity index is 1.33. The summed E-state index contributed by atoms with van der Waals surface area (Å²) in [6.07, 6.45) is 2.99. The first-order valence-corrected chi connectivity index (χ1v) is 15.4. The quantitative estimate of drug-likeness (QED) is 0.162. The number of ether oxygens (including phenoxy) is 1. The van der Waals surface area contributed by atoms with E-state index in [4.69, 9.17) is 4.74 Å². The third kappa shape index (κ3) is 5.36. The SMILES string of the molecule is COc1ccc2nc(N(/N=C/c3ccc(F)cc3)C(=O)c3ccc(S(=O)(=O)N4CCCc5ccccc54)cc3)sc2c1. The van der Waals surface area contributed by atoms with Crippen LogP contribution in [0.5, 0.6) is 5.75 Å². The topological polar surface area (TPSA) is 92.2 Å². The van der Waals surface area contributed by atoms with E-state index in [-0.39, 0.29) is 16.3 Å². The summed E-state index contributed by atoms with van der Waals surface area (Å²) in [6.45, 7) is 0.383. The molecular weight excluding hydrogens is 575 g/mol. The molecule has 0 atom stereocenters. The molecule has 11 heteroatoms. The molecular formula is C31H25FN4O4S2. The van der Waals surface area contributed by atoms with E-state index in [1.165, 1.54) is 58.3 Å². The molecule has 0 N–H and O–H groups in total. The Labute approximate surface area is 246 Å². The van der Waals surface area contributed by atoms with Gasteiger partial charge in [0.15, 0.2) is 0 Å². The van der Waals surface area contributed by atoms with Crippen LogP contribution in [0.3, 0.4) is 0 Å². The summed E-state index contributed by atoms with van der Waals surface area (Å²) >= 11 is 1.25. The van der Waals surface area contributed by atoms with Crippen molar-refractivity contribution in [2.45, 2.75) is 17.7 Å². The number of para-hydroxylation sites is 1. The second kappa shape index (κ2) is 11.3. The van der Waals surface area contributed by atoms with Crippen molar-refractivity contribution >= 4 is 54.5 Å². The Kier molecular flexibility index (Phi) is 7.44. The molecule has 2 heterocycles. The number of rotatable bonds is 7. The molecule has 212 valence electrons. The second-order valence-corrected chi connectivity index (χ2v) is 12.4. The molecule has 0 bridgehead atoms. The average molecular weight is 601 g/mol. The molecule has 8 nitrogen and oxygen atoms in total. The van der Waals surface area contributed by atoms with Crippen LogP contribution in [-0.2, 0) is 16.4 Å². The first-order chi connectivity index (χ1) is 20.3. The summed E-state index contributed by atoms with van der Waals surface area (Å²) in [5.41, 5.74) is 3.13. The molecule has 1 aliphatic heterocycles. The number of aromatic nitrogens is 1. The molecule has 6 rings (SSSR count). The van der Waals surface area contributed by atoms with Gasteiger partial charge in [-0.1, -0.05) is 41.7 Å². The van der Waals surface area contributed by atoms with Crippen LogP contribution in [0.25, 0.3) is 10.2 Å². The minimum atomic E-state index is -3.84. The van der Waals surface area contributed by atoms with Gasteiger partial charge < -0.3 is 4.74 Å². The zero-order valence-corrected chi connectivity index (χ0v) is 24.1. The van der Waals surface area contributed by atoms with Gasteiger partial charge in [-0.2, -0.15) is 10.1 Å². The van der Waals surface area contributed by atoms with Crippen molar-refractivity contribution in [2.24, 2.45) is 5.10 Å². The van der Waals surface area contributed by atoms with E-state index in [1.807, 2.05) is 30.3 Å². The molecule has 42 heavy (non-hydrogen) atoms. The minimum absolute atomic E-state index is 0.0872. The average Bonchev–Trinajstić information content (AvgIpc) is 3.44. The van der Waals surface area contributed by atoms with Crippen molar-refractivity contribution in [1.29, 1.82) is 0 Å². The molecule has 5 aromatic rings. The summed E-state index contributed by atoms with van der Waals surface area (Å²) < 4.78 is 48.1. The maximum atomic E-state index is 13.8. The Bertz CT molecular complexity index is 1910. The van der Waals surface area contributed by atoms with E-state index >= 15 is 0 Å². The van der Waals surface area contributed by atoms with Gasteiger partial charge in [-0.25, -0.2) is 17.8 Å². The first-order valence-electron chi connectivity index (χ1n) is 13.1.